The third kappa shape index (κ3) is 4.28. The van der Waals surface area contributed by atoms with Crippen LogP contribution in [0.5, 0.6) is 0 Å². The first-order chi connectivity index (χ1) is 8.06. The average molecular weight is 242 g/mol. The maximum Gasteiger partial charge on any atom is 0.224 e. The first kappa shape index (κ1) is 14.5. The third-order valence-corrected chi connectivity index (χ3v) is 3.62. The molecular weight excluding hydrogens is 216 g/mol. The van der Waals surface area contributed by atoms with E-state index < -0.39 is 0 Å². The minimum atomic E-state index is 0.208. The summed E-state index contributed by atoms with van der Waals surface area (Å²) in [5, 5.41) is 0. The molecule has 0 aromatic heterocycles. The van der Waals surface area contributed by atoms with E-state index in [1.54, 1.807) is 0 Å². The minimum absolute atomic E-state index is 0.208. The molecule has 1 rings (SSSR count). The number of likely N-dealkylation sites (tertiary alicyclic amines) is 1. The molecule has 4 heteroatoms. The van der Waals surface area contributed by atoms with Crippen LogP contribution in [-0.4, -0.2) is 62.1 Å². The van der Waals surface area contributed by atoms with E-state index in [2.05, 4.69) is 18.9 Å². The summed E-state index contributed by atoms with van der Waals surface area (Å²) in [5.74, 6) is 0.759. The number of piperidine rings is 1. The van der Waals surface area contributed by atoms with E-state index in [1.165, 1.54) is 0 Å². The highest BCUT2D eigenvalue weighted by Crippen LogP contribution is 2.20. The van der Waals surface area contributed by atoms with Crippen LogP contribution in [0.1, 0.15) is 26.7 Å². The van der Waals surface area contributed by atoms with E-state index in [4.69, 9.17) is 4.74 Å². The van der Waals surface area contributed by atoms with Gasteiger partial charge in [0, 0.05) is 26.2 Å². The first-order valence-electron chi connectivity index (χ1n) is 6.58. The molecule has 2 atom stereocenters. The first-order valence-corrected chi connectivity index (χ1v) is 6.58. The van der Waals surface area contributed by atoms with Crippen LogP contribution in [0.15, 0.2) is 0 Å². The van der Waals surface area contributed by atoms with Crippen molar-refractivity contribution < 1.29 is 9.53 Å². The van der Waals surface area contributed by atoms with Gasteiger partial charge in [-0.15, -0.1) is 0 Å². The summed E-state index contributed by atoms with van der Waals surface area (Å²) in [7, 11) is 4.07. The summed E-state index contributed by atoms with van der Waals surface area (Å²) in [6.45, 7) is 7.56. The van der Waals surface area contributed by atoms with Crippen LogP contribution in [0.2, 0.25) is 0 Å². The quantitative estimate of drug-likeness (QED) is 0.679. The largest absolute Gasteiger partial charge is 0.381 e. The molecule has 0 aliphatic carbocycles. The van der Waals surface area contributed by atoms with Gasteiger partial charge >= 0.3 is 0 Å². The molecule has 0 bridgehead atoms. The SMILES string of the molecule is CCOCCC(=O)N(C)[C@@H]1CCN(C)C[C@@H]1C. The lowest BCUT2D eigenvalue weighted by Crippen LogP contribution is -2.49. The third-order valence-electron chi connectivity index (χ3n) is 3.62. The monoisotopic (exact) mass is 242 g/mol. The highest BCUT2D eigenvalue weighted by molar-refractivity contribution is 5.76. The van der Waals surface area contributed by atoms with Crippen LogP contribution in [0.25, 0.3) is 0 Å². The Morgan fingerprint density at radius 2 is 2.24 bits per heavy atom. The Kier molecular flexibility index (Phi) is 5.92. The Morgan fingerprint density at radius 1 is 1.53 bits per heavy atom. The number of hydrogen-bond acceptors (Lipinski definition) is 3. The molecule has 1 saturated heterocycles. The Balaban J connectivity index is 2.40. The molecule has 4 nitrogen and oxygen atoms in total. The maximum absolute atomic E-state index is 12.0. The van der Waals surface area contributed by atoms with Crippen molar-refractivity contribution in [3.63, 3.8) is 0 Å². The molecule has 0 N–H and O–H groups in total. The lowest BCUT2D eigenvalue weighted by molar-refractivity contribution is -0.135. The Morgan fingerprint density at radius 3 is 2.82 bits per heavy atom. The summed E-state index contributed by atoms with van der Waals surface area (Å²) in [6.07, 6.45) is 1.58. The lowest BCUT2D eigenvalue weighted by atomic mass is 9.93. The van der Waals surface area contributed by atoms with Gasteiger partial charge in [-0.1, -0.05) is 6.92 Å². The van der Waals surface area contributed by atoms with E-state index in [9.17, 15) is 4.79 Å². The second-order valence-corrected chi connectivity index (χ2v) is 5.05. The van der Waals surface area contributed by atoms with Crippen molar-refractivity contribution in [3.8, 4) is 0 Å². The van der Waals surface area contributed by atoms with Gasteiger partial charge in [-0.05, 0) is 32.9 Å². The summed E-state index contributed by atoms with van der Waals surface area (Å²) in [6, 6.07) is 0.389. The molecule has 1 amide bonds. The molecule has 0 spiro atoms. The Bertz CT molecular complexity index is 246. The van der Waals surface area contributed by atoms with Crippen molar-refractivity contribution in [1.82, 2.24) is 9.80 Å². The standard InChI is InChI=1S/C13H26N2O2/c1-5-17-9-7-13(16)15(4)12-6-8-14(3)10-11(12)2/h11-12H,5-10H2,1-4H3/t11-,12+/m0/s1. The molecule has 0 radical (unpaired) electrons. The van der Waals surface area contributed by atoms with Gasteiger partial charge in [0.05, 0.1) is 13.0 Å². The predicted octanol–water partition coefficient (Wildman–Crippen LogP) is 1.21. The average Bonchev–Trinajstić information content (AvgIpc) is 2.28. The van der Waals surface area contributed by atoms with E-state index in [0.717, 1.165) is 19.5 Å². The summed E-state index contributed by atoms with van der Waals surface area (Å²) in [5.41, 5.74) is 0. The van der Waals surface area contributed by atoms with Crippen LogP contribution in [-0.2, 0) is 9.53 Å². The number of ether oxygens (including phenoxy) is 1. The number of carbonyl (C=O) groups excluding carboxylic acids is 1. The number of carbonyl (C=O) groups is 1. The zero-order valence-corrected chi connectivity index (χ0v) is 11.6. The number of rotatable bonds is 5. The molecule has 1 aliphatic rings. The highest BCUT2D eigenvalue weighted by Gasteiger charge is 2.29. The summed E-state index contributed by atoms with van der Waals surface area (Å²) < 4.78 is 5.23. The van der Waals surface area contributed by atoms with E-state index in [1.807, 2.05) is 18.9 Å². The van der Waals surface area contributed by atoms with Gasteiger partial charge in [-0.25, -0.2) is 0 Å². The molecule has 1 fully saturated rings. The van der Waals surface area contributed by atoms with Crippen molar-refractivity contribution in [2.45, 2.75) is 32.7 Å². The highest BCUT2D eigenvalue weighted by atomic mass is 16.5. The fourth-order valence-corrected chi connectivity index (χ4v) is 2.58. The fraction of sp³-hybridized carbons (Fsp3) is 0.923. The second kappa shape index (κ2) is 6.97. The molecule has 1 heterocycles. The summed E-state index contributed by atoms with van der Waals surface area (Å²) in [4.78, 5) is 16.2. The van der Waals surface area contributed by atoms with Gasteiger partial charge in [0.1, 0.15) is 0 Å². The van der Waals surface area contributed by atoms with Crippen molar-refractivity contribution in [2.24, 2.45) is 5.92 Å². The number of amides is 1. The van der Waals surface area contributed by atoms with Gasteiger partial charge in [-0.2, -0.15) is 0 Å². The molecule has 0 saturated carbocycles. The van der Waals surface area contributed by atoms with Gasteiger partial charge < -0.3 is 14.5 Å². The van der Waals surface area contributed by atoms with Gasteiger partial charge in [0.15, 0.2) is 0 Å². The topological polar surface area (TPSA) is 32.8 Å². The second-order valence-electron chi connectivity index (χ2n) is 5.05. The molecule has 0 aromatic carbocycles. The Labute approximate surface area is 105 Å². The van der Waals surface area contributed by atoms with Crippen molar-refractivity contribution in [3.05, 3.63) is 0 Å². The van der Waals surface area contributed by atoms with Crippen LogP contribution >= 0.6 is 0 Å². The number of nitrogens with zero attached hydrogens (tertiary/aromatic N) is 2. The zero-order valence-electron chi connectivity index (χ0n) is 11.6. The van der Waals surface area contributed by atoms with Crippen LogP contribution in [0.3, 0.4) is 0 Å². The minimum Gasteiger partial charge on any atom is -0.381 e. The molecule has 0 unspecified atom stereocenters. The zero-order chi connectivity index (χ0) is 12.8. The summed E-state index contributed by atoms with van der Waals surface area (Å²) >= 11 is 0. The predicted molar refractivity (Wildman–Crippen MR) is 68.9 cm³/mol. The van der Waals surface area contributed by atoms with Gasteiger partial charge in [0.25, 0.3) is 0 Å². The molecular formula is C13H26N2O2. The van der Waals surface area contributed by atoms with E-state index in [-0.39, 0.29) is 5.91 Å². The van der Waals surface area contributed by atoms with E-state index in [0.29, 0.717) is 31.6 Å². The van der Waals surface area contributed by atoms with Gasteiger partial charge in [-0.3, -0.25) is 4.79 Å². The fourth-order valence-electron chi connectivity index (χ4n) is 2.58. The molecule has 100 valence electrons. The Hall–Kier alpha value is -0.610. The molecule has 1 aliphatic heterocycles. The van der Waals surface area contributed by atoms with Crippen molar-refractivity contribution in [1.29, 1.82) is 0 Å². The van der Waals surface area contributed by atoms with Crippen molar-refractivity contribution in [2.75, 3.05) is 40.4 Å². The smallest absolute Gasteiger partial charge is 0.224 e. The lowest BCUT2D eigenvalue weighted by Gasteiger charge is -2.40. The normalized spacial score (nSPS) is 25.9. The maximum atomic E-state index is 12.0. The molecule has 0 aromatic rings. The number of hydrogen-bond donors (Lipinski definition) is 0. The van der Waals surface area contributed by atoms with Crippen LogP contribution < -0.4 is 0 Å². The molecule has 17 heavy (non-hydrogen) atoms. The van der Waals surface area contributed by atoms with Crippen molar-refractivity contribution >= 4 is 5.91 Å². The van der Waals surface area contributed by atoms with Crippen LogP contribution in [0.4, 0.5) is 0 Å². The van der Waals surface area contributed by atoms with Gasteiger partial charge in [0.2, 0.25) is 5.91 Å². The van der Waals surface area contributed by atoms with E-state index >= 15 is 0 Å². The van der Waals surface area contributed by atoms with Crippen LogP contribution in [0, 0.1) is 5.92 Å².